The van der Waals surface area contributed by atoms with Gasteiger partial charge in [0.15, 0.2) is 33.8 Å². The lowest BCUT2D eigenvalue weighted by Crippen LogP contribution is -2.39. The van der Waals surface area contributed by atoms with Gasteiger partial charge >= 0.3 is 11.4 Å². The quantitative estimate of drug-likeness (QED) is 0.0395. The van der Waals surface area contributed by atoms with Crippen LogP contribution in [0.25, 0.3) is 22.3 Å². The number of aryl methyl sites for hydroxylation is 4. The molecule has 0 aliphatic rings. The van der Waals surface area contributed by atoms with Crippen molar-refractivity contribution in [3.63, 3.8) is 0 Å². The SMILES string of the molecule is CCCCCCN(C)CCCCCCCCCCCn1c(=O)c2c(ncn2C)n(C)c1=O.COc1cc(CNCCCCCCCCCCCn2c(=O)c3c(ncn3C)n(C)c2=O)cc(OC)c1OC. The van der Waals surface area contributed by atoms with Crippen LogP contribution in [0.3, 0.4) is 0 Å². The van der Waals surface area contributed by atoms with Crippen LogP contribution < -0.4 is 42.0 Å². The molecule has 0 atom stereocenters. The average Bonchev–Trinajstić information content (AvgIpc) is 3.95. The van der Waals surface area contributed by atoms with Crippen LogP contribution in [0, 0.1) is 0 Å². The molecule has 0 aliphatic heterocycles. The van der Waals surface area contributed by atoms with Crippen molar-refractivity contribution in [1.82, 2.24) is 47.6 Å². The van der Waals surface area contributed by atoms with Crippen LogP contribution in [-0.4, -0.2) is 90.3 Å². The molecule has 392 valence electrons. The van der Waals surface area contributed by atoms with Gasteiger partial charge in [-0.05, 0) is 76.5 Å². The zero-order valence-corrected chi connectivity index (χ0v) is 44.5. The molecule has 1 aromatic carbocycles. The van der Waals surface area contributed by atoms with Crippen molar-refractivity contribution < 1.29 is 14.2 Å². The second-order valence-electron chi connectivity index (χ2n) is 19.1. The number of benzene rings is 1. The minimum atomic E-state index is -0.292. The Kier molecular flexibility index (Phi) is 25.6. The van der Waals surface area contributed by atoms with E-state index >= 15 is 0 Å². The van der Waals surface area contributed by atoms with Crippen LogP contribution in [0.1, 0.15) is 154 Å². The fourth-order valence-electron chi connectivity index (χ4n) is 9.22. The number of imidazole rings is 2. The van der Waals surface area contributed by atoms with Crippen molar-refractivity contribution in [3.05, 3.63) is 72.0 Å². The summed E-state index contributed by atoms with van der Waals surface area (Å²) in [4.78, 5) is 61.3. The van der Waals surface area contributed by atoms with E-state index in [4.69, 9.17) is 14.2 Å². The molecule has 0 fully saturated rings. The molecular formula is C53H88N10O7. The third kappa shape index (κ3) is 17.0. The third-order valence-corrected chi connectivity index (χ3v) is 13.5. The van der Waals surface area contributed by atoms with Gasteiger partial charge in [-0.1, -0.05) is 116 Å². The number of fused-ring (bicyclic) bond motifs is 2. The maximum Gasteiger partial charge on any atom is 0.332 e. The minimum absolute atomic E-state index is 0.227. The van der Waals surface area contributed by atoms with E-state index in [0.717, 1.165) is 57.2 Å². The molecule has 17 heteroatoms. The van der Waals surface area contributed by atoms with Gasteiger partial charge in [-0.3, -0.25) is 27.9 Å². The zero-order valence-electron chi connectivity index (χ0n) is 44.5. The molecule has 4 aromatic heterocycles. The molecule has 70 heavy (non-hydrogen) atoms. The van der Waals surface area contributed by atoms with Crippen LogP contribution in [0.15, 0.2) is 44.0 Å². The van der Waals surface area contributed by atoms with Crippen LogP contribution in [0.4, 0.5) is 0 Å². The number of unbranched alkanes of at least 4 members (excludes halogenated alkanes) is 19. The zero-order chi connectivity index (χ0) is 50.8. The van der Waals surface area contributed by atoms with E-state index in [1.54, 1.807) is 71.3 Å². The first-order valence-electron chi connectivity index (χ1n) is 26.3. The van der Waals surface area contributed by atoms with Gasteiger partial charge in [0, 0.05) is 47.8 Å². The molecule has 5 rings (SSSR count). The predicted molar refractivity (Wildman–Crippen MR) is 283 cm³/mol. The molecule has 0 saturated heterocycles. The number of rotatable bonds is 34. The molecule has 0 spiro atoms. The Morgan fingerprint density at radius 1 is 0.529 bits per heavy atom. The van der Waals surface area contributed by atoms with Gasteiger partial charge in [0.1, 0.15) is 0 Å². The number of hydrogen-bond donors (Lipinski definition) is 1. The molecular weight excluding hydrogens is 889 g/mol. The fourth-order valence-corrected chi connectivity index (χ4v) is 9.22. The van der Waals surface area contributed by atoms with E-state index in [1.165, 1.54) is 134 Å². The summed E-state index contributed by atoms with van der Waals surface area (Å²) in [7, 11) is 14.0. The maximum atomic E-state index is 12.7. The van der Waals surface area contributed by atoms with Crippen molar-refractivity contribution in [2.24, 2.45) is 28.2 Å². The topological polar surface area (TPSA) is 167 Å². The minimum Gasteiger partial charge on any atom is -0.493 e. The molecule has 0 amide bonds. The lowest BCUT2D eigenvalue weighted by molar-refractivity contribution is 0.314. The van der Waals surface area contributed by atoms with Gasteiger partial charge in [0.25, 0.3) is 11.1 Å². The Balaban J connectivity index is 0.000000309. The molecule has 0 radical (unpaired) electrons. The van der Waals surface area contributed by atoms with Crippen LogP contribution >= 0.6 is 0 Å². The summed E-state index contributed by atoms with van der Waals surface area (Å²) in [5.41, 5.74) is 1.92. The van der Waals surface area contributed by atoms with E-state index in [1.807, 2.05) is 12.1 Å². The van der Waals surface area contributed by atoms with E-state index in [0.29, 0.717) is 52.7 Å². The van der Waals surface area contributed by atoms with Crippen molar-refractivity contribution in [1.29, 1.82) is 0 Å². The fraction of sp³-hybridized carbons (Fsp3) is 0.698. The van der Waals surface area contributed by atoms with E-state index < -0.39 is 0 Å². The van der Waals surface area contributed by atoms with Crippen LogP contribution in [0.2, 0.25) is 0 Å². The monoisotopic (exact) mass is 977 g/mol. The van der Waals surface area contributed by atoms with Crippen molar-refractivity contribution in [2.75, 3.05) is 48.0 Å². The Bertz CT molecular complexity index is 2520. The summed E-state index contributed by atoms with van der Waals surface area (Å²) in [6, 6.07) is 3.96. The second-order valence-corrected chi connectivity index (χ2v) is 19.1. The average molecular weight is 977 g/mol. The first-order chi connectivity index (χ1) is 33.9. The molecule has 0 aliphatic carbocycles. The highest BCUT2D eigenvalue weighted by Gasteiger charge is 2.17. The van der Waals surface area contributed by atoms with Crippen molar-refractivity contribution in [3.8, 4) is 17.2 Å². The maximum absolute atomic E-state index is 12.7. The third-order valence-electron chi connectivity index (χ3n) is 13.5. The molecule has 0 unspecified atom stereocenters. The summed E-state index contributed by atoms with van der Waals surface area (Å²) in [6.07, 6.45) is 29.7. The summed E-state index contributed by atoms with van der Waals surface area (Å²) < 4.78 is 25.2. The van der Waals surface area contributed by atoms with Gasteiger partial charge < -0.3 is 33.6 Å². The Hall–Kier alpha value is -5.16. The highest BCUT2D eigenvalue weighted by atomic mass is 16.5. The molecule has 0 bridgehead atoms. The summed E-state index contributed by atoms with van der Waals surface area (Å²) >= 11 is 0. The standard InChI is InChI=1S/C28H43N5O5.C25H45N5O2/c1-31-20-30-26-24(31)27(34)33(28(35)32(26)2)16-14-12-10-8-6-7-9-11-13-15-29-19-21-17-22(36-3)25(38-5)23(18-21)37-4;1-5-6-7-15-18-27(2)19-16-13-11-9-8-10-12-14-17-20-30-24(31)22-23(26-21-28(22)3)29(4)25(30)32/h17-18,20,29H,6-16,19H2,1-5H3;21H,5-20H2,1-4H3. The number of hydrogen-bond acceptors (Lipinski definition) is 11. The Morgan fingerprint density at radius 3 is 1.31 bits per heavy atom. The van der Waals surface area contributed by atoms with E-state index in [9.17, 15) is 19.2 Å². The van der Waals surface area contributed by atoms with E-state index in [-0.39, 0.29) is 22.5 Å². The van der Waals surface area contributed by atoms with Crippen molar-refractivity contribution >= 4 is 22.3 Å². The number of aromatic nitrogens is 8. The number of ether oxygens (including phenoxy) is 3. The van der Waals surface area contributed by atoms with Gasteiger partial charge in [0.2, 0.25) is 5.75 Å². The normalized spacial score (nSPS) is 11.5. The number of nitrogens with zero attached hydrogens (tertiary/aromatic N) is 9. The first-order valence-corrected chi connectivity index (χ1v) is 26.3. The Labute approximate surface area is 416 Å². The lowest BCUT2D eigenvalue weighted by atomic mass is 10.1. The molecule has 17 nitrogen and oxygen atoms in total. The van der Waals surface area contributed by atoms with Gasteiger partial charge in [-0.25, -0.2) is 19.6 Å². The molecule has 0 saturated carbocycles. The highest BCUT2D eigenvalue weighted by molar-refractivity contribution is 5.70. The van der Waals surface area contributed by atoms with Crippen LogP contribution in [0.5, 0.6) is 17.2 Å². The molecule has 5 aromatic rings. The number of methoxy groups -OCH3 is 3. The van der Waals surface area contributed by atoms with Crippen LogP contribution in [-0.2, 0) is 47.8 Å². The lowest BCUT2D eigenvalue weighted by Gasteiger charge is -2.16. The summed E-state index contributed by atoms with van der Waals surface area (Å²) in [6.45, 7) is 7.41. The van der Waals surface area contributed by atoms with Crippen molar-refractivity contribution in [2.45, 2.75) is 168 Å². The predicted octanol–water partition coefficient (Wildman–Crippen LogP) is 8.22. The molecule has 1 N–H and O–H groups in total. The van der Waals surface area contributed by atoms with Gasteiger partial charge in [-0.15, -0.1) is 0 Å². The van der Waals surface area contributed by atoms with Gasteiger partial charge in [0.05, 0.1) is 34.0 Å². The van der Waals surface area contributed by atoms with Gasteiger partial charge in [-0.2, -0.15) is 0 Å². The summed E-state index contributed by atoms with van der Waals surface area (Å²) in [5, 5.41) is 3.50. The number of nitrogens with one attached hydrogen (secondary N) is 1. The summed E-state index contributed by atoms with van der Waals surface area (Å²) in [5.74, 6) is 1.96. The van der Waals surface area contributed by atoms with E-state index in [2.05, 4.69) is 34.2 Å². The first kappa shape index (κ1) is 57.4. The highest BCUT2D eigenvalue weighted by Crippen LogP contribution is 2.38. The smallest absolute Gasteiger partial charge is 0.332 e. The molecule has 4 heterocycles. The Morgan fingerprint density at radius 2 is 0.914 bits per heavy atom. The second kappa shape index (κ2) is 31.2. The largest absolute Gasteiger partial charge is 0.493 e.